The van der Waals surface area contributed by atoms with Crippen molar-refractivity contribution in [3.05, 3.63) is 102 Å². The second-order valence-corrected chi connectivity index (χ2v) is 8.19. The Morgan fingerprint density at radius 3 is 2.06 bits per heavy atom. The Hall–Kier alpha value is -3.57. The highest BCUT2D eigenvalue weighted by Gasteiger charge is 2.29. The molecule has 5 nitrogen and oxygen atoms in total. The molecule has 1 aliphatic heterocycles. The van der Waals surface area contributed by atoms with Crippen LogP contribution in [-0.4, -0.2) is 54.0 Å². The predicted molar refractivity (Wildman–Crippen MR) is 127 cm³/mol. The zero-order valence-electron chi connectivity index (χ0n) is 18.2. The number of nitrogens with zero attached hydrogens (tertiary/aromatic N) is 2. The molecule has 32 heavy (non-hydrogen) atoms. The van der Waals surface area contributed by atoms with Crippen molar-refractivity contribution in [2.45, 2.75) is 6.04 Å². The molecule has 1 aliphatic rings. The Labute approximate surface area is 188 Å². The van der Waals surface area contributed by atoms with E-state index in [0.29, 0.717) is 18.8 Å². The molecule has 1 aromatic heterocycles. The first kappa shape index (κ1) is 20.3. The summed E-state index contributed by atoms with van der Waals surface area (Å²) in [6.45, 7) is 3.06. The van der Waals surface area contributed by atoms with Gasteiger partial charge in [-0.15, -0.1) is 0 Å². The molecule has 0 atom stereocenters. The summed E-state index contributed by atoms with van der Waals surface area (Å²) in [5.41, 5.74) is 4.11. The van der Waals surface area contributed by atoms with E-state index in [-0.39, 0.29) is 11.9 Å². The van der Waals surface area contributed by atoms with Crippen LogP contribution >= 0.6 is 0 Å². The molecule has 0 unspecified atom stereocenters. The van der Waals surface area contributed by atoms with Crippen LogP contribution in [0.15, 0.2) is 84.9 Å². The zero-order chi connectivity index (χ0) is 21.9. The van der Waals surface area contributed by atoms with Gasteiger partial charge in [0.05, 0.1) is 13.2 Å². The molecule has 0 aliphatic carbocycles. The number of nitrogens with one attached hydrogen (secondary N) is 1. The summed E-state index contributed by atoms with van der Waals surface area (Å²) in [4.78, 5) is 20.9. The number of carbonyl (C=O) groups is 1. The SMILES string of the molecule is COc1ccc2cc(C(=O)N3CCN(C(c4ccccc4)c4ccccc4)CC3)[nH]c2c1. The smallest absolute Gasteiger partial charge is 0.270 e. The highest BCUT2D eigenvalue weighted by Crippen LogP contribution is 2.30. The van der Waals surface area contributed by atoms with Crippen LogP contribution in [0.5, 0.6) is 5.75 Å². The highest BCUT2D eigenvalue weighted by atomic mass is 16.5. The van der Waals surface area contributed by atoms with Gasteiger partial charge in [0.25, 0.3) is 5.91 Å². The first-order valence-electron chi connectivity index (χ1n) is 11.0. The number of hydrogen-bond donors (Lipinski definition) is 1. The summed E-state index contributed by atoms with van der Waals surface area (Å²) < 4.78 is 5.29. The predicted octanol–water partition coefficient (Wildman–Crippen LogP) is 4.72. The van der Waals surface area contributed by atoms with Crippen LogP contribution in [0.3, 0.4) is 0 Å². The molecule has 5 rings (SSSR count). The van der Waals surface area contributed by atoms with Crippen molar-refractivity contribution < 1.29 is 9.53 Å². The van der Waals surface area contributed by atoms with Crippen LogP contribution < -0.4 is 4.74 Å². The monoisotopic (exact) mass is 425 g/mol. The molecule has 0 bridgehead atoms. The van der Waals surface area contributed by atoms with E-state index in [1.54, 1.807) is 7.11 Å². The van der Waals surface area contributed by atoms with E-state index < -0.39 is 0 Å². The summed E-state index contributed by atoms with van der Waals surface area (Å²) in [7, 11) is 1.65. The van der Waals surface area contributed by atoms with E-state index in [1.165, 1.54) is 11.1 Å². The van der Waals surface area contributed by atoms with Gasteiger partial charge in [-0.3, -0.25) is 9.69 Å². The van der Waals surface area contributed by atoms with E-state index in [2.05, 4.69) is 70.5 Å². The molecule has 1 saturated heterocycles. The lowest BCUT2D eigenvalue weighted by atomic mass is 9.96. The molecule has 5 heteroatoms. The minimum Gasteiger partial charge on any atom is -0.497 e. The Bertz CT molecular complexity index is 1160. The maximum Gasteiger partial charge on any atom is 0.270 e. The molecule has 3 aromatic carbocycles. The Morgan fingerprint density at radius 2 is 1.47 bits per heavy atom. The minimum absolute atomic E-state index is 0.0517. The number of carbonyl (C=O) groups excluding carboxylic acids is 1. The lowest BCUT2D eigenvalue weighted by molar-refractivity contribution is 0.0592. The summed E-state index contributed by atoms with van der Waals surface area (Å²) >= 11 is 0. The van der Waals surface area contributed by atoms with Crippen LogP contribution in [0.1, 0.15) is 27.7 Å². The van der Waals surface area contributed by atoms with Crippen LogP contribution in [0.2, 0.25) is 0 Å². The first-order valence-corrected chi connectivity index (χ1v) is 11.0. The topological polar surface area (TPSA) is 48.6 Å². The molecule has 0 saturated carbocycles. The number of fused-ring (bicyclic) bond motifs is 1. The standard InChI is InChI=1S/C27H27N3O2/c1-32-23-13-12-22-18-25(28-24(22)19-23)27(31)30-16-14-29(15-17-30)26(20-8-4-2-5-9-20)21-10-6-3-7-11-21/h2-13,18-19,26,28H,14-17H2,1H3. The molecule has 2 heterocycles. The molecule has 0 spiro atoms. The van der Waals surface area contributed by atoms with Gasteiger partial charge in [0.2, 0.25) is 0 Å². The number of H-pyrrole nitrogens is 1. The average Bonchev–Trinajstić information content (AvgIpc) is 3.29. The van der Waals surface area contributed by atoms with Crippen molar-refractivity contribution in [1.29, 1.82) is 0 Å². The zero-order valence-corrected chi connectivity index (χ0v) is 18.2. The molecule has 0 radical (unpaired) electrons. The molecule has 1 N–H and O–H groups in total. The number of amides is 1. The van der Waals surface area contributed by atoms with Crippen molar-refractivity contribution >= 4 is 16.8 Å². The van der Waals surface area contributed by atoms with Crippen molar-refractivity contribution in [2.75, 3.05) is 33.3 Å². The third-order valence-corrected chi connectivity index (χ3v) is 6.26. The lowest BCUT2D eigenvalue weighted by Gasteiger charge is -2.39. The van der Waals surface area contributed by atoms with E-state index in [0.717, 1.165) is 29.7 Å². The van der Waals surface area contributed by atoms with Crippen molar-refractivity contribution in [2.24, 2.45) is 0 Å². The van der Waals surface area contributed by atoms with Gasteiger partial charge in [-0.05, 0) is 29.3 Å². The van der Waals surface area contributed by atoms with Crippen LogP contribution in [-0.2, 0) is 0 Å². The van der Waals surface area contributed by atoms with Gasteiger partial charge in [-0.25, -0.2) is 0 Å². The van der Waals surface area contributed by atoms with Gasteiger partial charge >= 0.3 is 0 Å². The molecule has 1 amide bonds. The quantitative estimate of drug-likeness (QED) is 0.503. The van der Waals surface area contributed by atoms with Gasteiger partial charge in [0.15, 0.2) is 0 Å². The number of aromatic nitrogens is 1. The third kappa shape index (κ3) is 3.99. The van der Waals surface area contributed by atoms with Crippen LogP contribution in [0, 0.1) is 0 Å². The fourth-order valence-electron chi connectivity index (χ4n) is 4.59. The maximum absolute atomic E-state index is 13.2. The lowest BCUT2D eigenvalue weighted by Crippen LogP contribution is -2.50. The molecular weight excluding hydrogens is 398 g/mol. The van der Waals surface area contributed by atoms with Gasteiger partial charge in [-0.1, -0.05) is 60.7 Å². The van der Waals surface area contributed by atoms with Gasteiger partial charge in [0, 0.05) is 43.1 Å². The number of aromatic amines is 1. The maximum atomic E-state index is 13.2. The van der Waals surface area contributed by atoms with Crippen molar-refractivity contribution in [1.82, 2.24) is 14.8 Å². The molecule has 4 aromatic rings. The Kier molecular flexibility index (Phi) is 5.65. The minimum atomic E-state index is 0.0517. The molecule has 1 fully saturated rings. The Morgan fingerprint density at radius 1 is 0.844 bits per heavy atom. The van der Waals surface area contributed by atoms with Gasteiger partial charge in [0.1, 0.15) is 11.4 Å². The number of hydrogen-bond acceptors (Lipinski definition) is 3. The van der Waals surface area contributed by atoms with Gasteiger partial charge in [-0.2, -0.15) is 0 Å². The number of piperazine rings is 1. The first-order chi connectivity index (χ1) is 15.7. The molecule has 162 valence electrons. The second kappa shape index (κ2) is 8.89. The van der Waals surface area contributed by atoms with Crippen LogP contribution in [0.4, 0.5) is 0 Å². The van der Waals surface area contributed by atoms with Crippen molar-refractivity contribution in [3.8, 4) is 5.75 Å². The highest BCUT2D eigenvalue weighted by molar-refractivity contribution is 5.98. The van der Waals surface area contributed by atoms with Crippen LogP contribution in [0.25, 0.3) is 10.9 Å². The number of benzene rings is 3. The fraction of sp³-hybridized carbons (Fsp3) is 0.222. The summed E-state index contributed by atoms with van der Waals surface area (Å²) in [6.07, 6.45) is 0. The van der Waals surface area contributed by atoms with Gasteiger partial charge < -0.3 is 14.6 Å². The average molecular weight is 426 g/mol. The third-order valence-electron chi connectivity index (χ3n) is 6.26. The fourth-order valence-corrected chi connectivity index (χ4v) is 4.59. The number of rotatable bonds is 5. The van der Waals surface area contributed by atoms with E-state index in [1.807, 2.05) is 29.2 Å². The normalized spacial score (nSPS) is 14.8. The van der Waals surface area contributed by atoms with E-state index >= 15 is 0 Å². The largest absolute Gasteiger partial charge is 0.497 e. The summed E-state index contributed by atoms with van der Waals surface area (Å²) in [5.74, 6) is 0.829. The van der Waals surface area contributed by atoms with Crippen molar-refractivity contribution in [3.63, 3.8) is 0 Å². The van der Waals surface area contributed by atoms with E-state index in [9.17, 15) is 4.79 Å². The Balaban J connectivity index is 1.33. The number of ether oxygens (including phenoxy) is 1. The summed E-state index contributed by atoms with van der Waals surface area (Å²) in [5, 5.41) is 1.01. The van der Waals surface area contributed by atoms with E-state index in [4.69, 9.17) is 4.74 Å². The second-order valence-electron chi connectivity index (χ2n) is 8.19. The number of methoxy groups -OCH3 is 1. The summed E-state index contributed by atoms with van der Waals surface area (Å²) in [6, 6.07) is 29.2. The molecular formula is C27H27N3O2.